The normalized spacial score (nSPS) is 17.8. The fourth-order valence-electron chi connectivity index (χ4n) is 5.30. The van der Waals surface area contributed by atoms with Gasteiger partial charge >= 0.3 is 0 Å². The highest BCUT2D eigenvalue weighted by Crippen LogP contribution is 2.36. The molecule has 2 aliphatic rings. The second-order valence-electron chi connectivity index (χ2n) is 9.52. The molecule has 200 valence electrons. The number of piperidine rings is 1. The number of methoxy groups -OCH3 is 1. The van der Waals surface area contributed by atoms with E-state index in [2.05, 4.69) is 4.90 Å². The summed E-state index contributed by atoms with van der Waals surface area (Å²) >= 11 is 1.31. The van der Waals surface area contributed by atoms with Crippen molar-refractivity contribution in [3.63, 3.8) is 0 Å². The Balaban J connectivity index is 1.65. The van der Waals surface area contributed by atoms with Crippen molar-refractivity contribution < 1.29 is 13.9 Å². The van der Waals surface area contributed by atoms with Crippen molar-refractivity contribution >= 4 is 29.2 Å². The average Bonchev–Trinajstić information content (AvgIpc) is 3.53. The maximum absolute atomic E-state index is 13.9. The van der Waals surface area contributed by atoms with Crippen molar-refractivity contribution in [3.05, 3.63) is 78.7 Å². The van der Waals surface area contributed by atoms with Crippen molar-refractivity contribution in [2.24, 2.45) is 4.99 Å². The summed E-state index contributed by atoms with van der Waals surface area (Å²) in [5.74, 6) is 1.95. The number of amides is 1. The molecule has 0 spiro atoms. The molecule has 1 saturated heterocycles. The highest BCUT2D eigenvalue weighted by atomic mass is 32.1. The standard InChI is InChI=1S/C29H34N4O4S/c1-5-31(6-2)28(35)25-19(3)30-29-33(26(25)21-12-8-9-13-22(21)36-4)27(34)23(38-29)18-20-14-15-24(37-20)32-16-10-7-11-17-32/h8-9,12-15,18,26H,5-7,10-11,16-17H2,1-4H3/b23-18+/t26-/m1/s1. The minimum absolute atomic E-state index is 0.126. The first kappa shape index (κ1) is 26.0. The van der Waals surface area contributed by atoms with E-state index >= 15 is 0 Å². The molecule has 2 aliphatic heterocycles. The van der Waals surface area contributed by atoms with Gasteiger partial charge in [0, 0.05) is 43.9 Å². The molecule has 0 bridgehead atoms. The fourth-order valence-corrected chi connectivity index (χ4v) is 6.32. The van der Waals surface area contributed by atoms with Crippen LogP contribution in [0.1, 0.15) is 57.4 Å². The quantitative estimate of drug-likeness (QED) is 0.462. The number of thiazole rings is 1. The van der Waals surface area contributed by atoms with Gasteiger partial charge in [-0.15, -0.1) is 0 Å². The first-order valence-electron chi connectivity index (χ1n) is 13.3. The zero-order valence-electron chi connectivity index (χ0n) is 22.4. The molecule has 38 heavy (non-hydrogen) atoms. The SMILES string of the molecule is CCN(CC)C(=O)C1=C(C)N=c2s/c(=C/c3ccc(N4CCCCC4)o3)c(=O)n2[C@@H]1c1ccccc1OC. The Morgan fingerprint density at radius 2 is 1.89 bits per heavy atom. The van der Waals surface area contributed by atoms with Crippen LogP contribution in [0.2, 0.25) is 0 Å². The molecule has 1 amide bonds. The van der Waals surface area contributed by atoms with E-state index in [0.29, 0.717) is 45.2 Å². The molecule has 4 heterocycles. The lowest BCUT2D eigenvalue weighted by Gasteiger charge is -2.29. The summed E-state index contributed by atoms with van der Waals surface area (Å²) in [7, 11) is 1.60. The molecular formula is C29H34N4O4S. The minimum atomic E-state index is -0.654. The number of fused-ring (bicyclic) bond motifs is 1. The number of carbonyl (C=O) groups excluding carboxylic acids is 1. The van der Waals surface area contributed by atoms with Gasteiger partial charge in [-0.2, -0.15) is 0 Å². The molecule has 1 aromatic carbocycles. The number of carbonyl (C=O) groups is 1. The lowest BCUT2D eigenvalue weighted by molar-refractivity contribution is -0.127. The van der Waals surface area contributed by atoms with E-state index in [9.17, 15) is 9.59 Å². The molecule has 8 nitrogen and oxygen atoms in total. The van der Waals surface area contributed by atoms with Crippen LogP contribution in [-0.4, -0.2) is 48.7 Å². The van der Waals surface area contributed by atoms with Crippen molar-refractivity contribution in [2.45, 2.75) is 46.1 Å². The Hall–Kier alpha value is -3.59. The van der Waals surface area contributed by atoms with E-state index in [1.54, 1.807) is 22.7 Å². The molecule has 5 rings (SSSR count). The number of benzene rings is 1. The molecule has 0 radical (unpaired) electrons. The predicted octanol–water partition coefficient (Wildman–Crippen LogP) is 3.70. The van der Waals surface area contributed by atoms with Gasteiger partial charge in [0.25, 0.3) is 11.5 Å². The Bertz CT molecular complexity index is 1540. The molecular weight excluding hydrogens is 500 g/mol. The molecule has 0 N–H and O–H groups in total. The monoisotopic (exact) mass is 534 g/mol. The summed E-state index contributed by atoms with van der Waals surface area (Å²) in [4.78, 5) is 37.0. The topological polar surface area (TPSA) is 80.3 Å². The Morgan fingerprint density at radius 3 is 2.61 bits per heavy atom. The Labute approximate surface area is 226 Å². The third-order valence-electron chi connectivity index (χ3n) is 7.29. The van der Waals surface area contributed by atoms with E-state index in [4.69, 9.17) is 14.1 Å². The number of nitrogens with zero attached hydrogens (tertiary/aromatic N) is 4. The molecule has 0 unspecified atom stereocenters. The number of hydrogen-bond donors (Lipinski definition) is 0. The molecule has 1 fully saturated rings. The summed E-state index contributed by atoms with van der Waals surface area (Å²) in [6.07, 6.45) is 5.34. The predicted molar refractivity (Wildman–Crippen MR) is 149 cm³/mol. The van der Waals surface area contributed by atoms with Crippen LogP contribution in [0, 0.1) is 0 Å². The first-order chi connectivity index (χ1) is 18.5. The van der Waals surface area contributed by atoms with E-state index in [1.807, 2.05) is 57.2 Å². The van der Waals surface area contributed by atoms with Gasteiger partial charge in [0.2, 0.25) is 0 Å². The van der Waals surface area contributed by atoms with Crippen LogP contribution in [0.5, 0.6) is 5.75 Å². The number of hydrogen-bond acceptors (Lipinski definition) is 7. The van der Waals surface area contributed by atoms with Gasteiger partial charge in [-0.05, 0) is 52.2 Å². The largest absolute Gasteiger partial charge is 0.496 e. The van der Waals surface area contributed by atoms with Crippen molar-refractivity contribution in [1.29, 1.82) is 0 Å². The van der Waals surface area contributed by atoms with Gasteiger partial charge in [-0.25, -0.2) is 4.99 Å². The number of aromatic nitrogens is 1. The van der Waals surface area contributed by atoms with Crippen molar-refractivity contribution in [1.82, 2.24) is 9.47 Å². The number of para-hydroxylation sites is 1. The smallest absolute Gasteiger partial charge is 0.271 e. The lowest BCUT2D eigenvalue weighted by Crippen LogP contribution is -2.43. The lowest BCUT2D eigenvalue weighted by atomic mass is 9.94. The van der Waals surface area contributed by atoms with Gasteiger partial charge < -0.3 is 19.0 Å². The van der Waals surface area contributed by atoms with Gasteiger partial charge in [-0.3, -0.25) is 14.2 Å². The Morgan fingerprint density at radius 1 is 1.16 bits per heavy atom. The number of likely N-dealkylation sites (N-methyl/N-ethyl adjacent to an activating group) is 1. The molecule has 3 aromatic rings. The summed E-state index contributed by atoms with van der Waals surface area (Å²) in [5, 5.41) is 0. The van der Waals surface area contributed by atoms with Crippen molar-refractivity contribution in [2.75, 3.05) is 38.2 Å². The van der Waals surface area contributed by atoms with Crippen LogP contribution < -0.4 is 24.5 Å². The minimum Gasteiger partial charge on any atom is -0.496 e. The molecule has 0 aliphatic carbocycles. The van der Waals surface area contributed by atoms with Crippen LogP contribution >= 0.6 is 11.3 Å². The van der Waals surface area contributed by atoms with Gasteiger partial charge in [-0.1, -0.05) is 29.5 Å². The maximum Gasteiger partial charge on any atom is 0.271 e. The van der Waals surface area contributed by atoms with Gasteiger partial charge in [0.05, 0.1) is 22.9 Å². The van der Waals surface area contributed by atoms with E-state index < -0.39 is 6.04 Å². The van der Waals surface area contributed by atoms with Crippen LogP contribution in [0.3, 0.4) is 0 Å². The summed E-state index contributed by atoms with van der Waals surface area (Å²) in [6, 6.07) is 10.8. The third-order valence-corrected chi connectivity index (χ3v) is 8.27. The average molecular weight is 535 g/mol. The van der Waals surface area contributed by atoms with Gasteiger partial charge in [0.15, 0.2) is 10.7 Å². The number of anilines is 1. The fraction of sp³-hybridized carbons (Fsp3) is 0.414. The second kappa shape index (κ2) is 11.0. The zero-order valence-corrected chi connectivity index (χ0v) is 23.2. The van der Waals surface area contributed by atoms with Gasteiger partial charge in [0.1, 0.15) is 17.6 Å². The number of allylic oxidation sites excluding steroid dienone is 1. The van der Waals surface area contributed by atoms with E-state index in [1.165, 1.54) is 17.8 Å². The number of ether oxygens (including phenoxy) is 1. The van der Waals surface area contributed by atoms with Crippen LogP contribution in [0.25, 0.3) is 6.08 Å². The summed E-state index contributed by atoms with van der Waals surface area (Å²) in [6.45, 7) is 8.83. The highest BCUT2D eigenvalue weighted by molar-refractivity contribution is 7.07. The van der Waals surface area contributed by atoms with Crippen molar-refractivity contribution in [3.8, 4) is 5.75 Å². The van der Waals surface area contributed by atoms with Crippen LogP contribution in [-0.2, 0) is 4.79 Å². The Kier molecular flexibility index (Phi) is 7.56. The second-order valence-corrected chi connectivity index (χ2v) is 10.5. The number of furan rings is 1. The van der Waals surface area contributed by atoms with E-state index in [0.717, 1.165) is 37.4 Å². The van der Waals surface area contributed by atoms with Crippen LogP contribution in [0.4, 0.5) is 5.88 Å². The third kappa shape index (κ3) is 4.71. The molecule has 0 saturated carbocycles. The van der Waals surface area contributed by atoms with E-state index in [-0.39, 0.29) is 11.5 Å². The van der Waals surface area contributed by atoms with Crippen LogP contribution in [0.15, 0.2) is 61.9 Å². The maximum atomic E-state index is 13.9. The summed E-state index contributed by atoms with van der Waals surface area (Å²) < 4.78 is 13.9. The zero-order chi connectivity index (χ0) is 26.8. The molecule has 2 aromatic heterocycles. The number of rotatable bonds is 7. The highest BCUT2D eigenvalue weighted by Gasteiger charge is 2.35. The summed E-state index contributed by atoms with van der Waals surface area (Å²) in [5.41, 5.74) is 1.63. The first-order valence-corrected chi connectivity index (χ1v) is 14.1. The molecule has 9 heteroatoms. The molecule has 1 atom stereocenters.